The smallest absolute Gasteiger partial charge is 0.271 e. The summed E-state index contributed by atoms with van der Waals surface area (Å²) in [6, 6.07) is 36.3. The number of hydrogen-bond donors (Lipinski definition) is 6. The van der Waals surface area contributed by atoms with Gasteiger partial charge in [0.1, 0.15) is 25.7 Å². The standard InChI is InChI=1S/C15H13NO3S2.C14H11NO3S2.C10H9NO.ClH/c1-10-9-13(11-5-2-3-6-12(11)15(10)17)16-21(18,19)14-7-4-8-20-14;16-13-8-7-12(10-4-1-2-5-11(10)13)15-20(17,18)14-6-3-9-19-14;11-9-5-6-10(12)8-4-2-1-3-7(8)9;/h2-9,16-17H,1H3;1-9,15-16H;1-6,12H,11H2;1H. The number of nitrogen functional groups attached to an aromatic ring is 1. The summed E-state index contributed by atoms with van der Waals surface area (Å²) in [4.78, 5) is 0. The third-order valence-corrected chi connectivity index (χ3v) is 13.6. The highest BCUT2D eigenvalue weighted by atomic mass is 35.5. The van der Waals surface area contributed by atoms with Gasteiger partial charge in [0.2, 0.25) is 0 Å². The van der Waals surface area contributed by atoms with E-state index in [-0.39, 0.29) is 38.1 Å². The van der Waals surface area contributed by atoms with Gasteiger partial charge in [0.15, 0.2) is 0 Å². The van der Waals surface area contributed by atoms with Crippen LogP contribution < -0.4 is 15.2 Å². The Bertz CT molecular complexity index is 2740. The topological polar surface area (TPSA) is 179 Å². The molecule has 0 spiro atoms. The van der Waals surface area contributed by atoms with Gasteiger partial charge in [-0.3, -0.25) is 9.44 Å². The van der Waals surface area contributed by atoms with E-state index in [1.54, 1.807) is 115 Å². The van der Waals surface area contributed by atoms with Crippen LogP contribution in [0.4, 0.5) is 17.1 Å². The fourth-order valence-corrected chi connectivity index (χ4v) is 9.62. The van der Waals surface area contributed by atoms with Gasteiger partial charge < -0.3 is 21.1 Å². The molecular weight excluding hydrogens is 786 g/mol. The van der Waals surface area contributed by atoms with Crippen molar-refractivity contribution >= 4 is 105 Å². The van der Waals surface area contributed by atoms with E-state index in [1.807, 2.05) is 24.3 Å². The summed E-state index contributed by atoms with van der Waals surface area (Å²) >= 11 is 2.32. The molecule has 0 aliphatic heterocycles. The van der Waals surface area contributed by atoms with Gasteiger partial charge >= 0.3 is 0 Å². The van der Waals surface area contributed by atoms with Crippen LogP contribution >= 0.6 is 35.1 Å². The van der Waals surface area contributed by atoms with Crippen molar-refractivity contribution in [2.45, 2.75) is 15.3 Å². The molecule has 2 aromatic heterocycles. The van der Waals surface area contributed by atoms with Crippen molar-refractivity contribution in [3.63, 3.8) is 0 Å². The summed E-state index contributed by atoms with van der Waals surface area (Å²) in [6.07, 6.45) is 0. The lowest BCUT2D eigenvalue weighted by Crippen LogP contribution is -2.11. The minimum atomic E-state index is -3.60. The maximum absolute atomic E-state index is 12.3. The first-order valence-corrected chi connectivity index (χ1v) is 20.6. The van der Waals surface area contributed by atoms with Crippen molar-refractivity contribution < 1.29 is 32.2 Å². The molecule has 0 amide bonds. The molecule has 54 heavy (non-hydrogen) atoms. The second-order valence-electron chi connectivity index (χ2n) is 11.6. The van der Waals surface area contributed by atoms with Crippen molar-refractivity contribution in [2.24, 2.45) is 0 Å². The molecule has 0 aliphatic carbocycles. The number of thiophene rings is 2. The van der Waals surface area contributed by atoms with Gasteiger partial charge in [-0.25, -0.2) is 16.8 Å². The van der Waals surface area contributed by atoms with E-state index in [0.29, 0.717) is 44.2 Å². The van der Waals surface area contributed by atoms with Gasteiger partial charge in [0.25, 0.3) is 20.0 Å². The summed E-state index contributed by atoms with van der Waals surface area (Å²) in [5.74, 6) is 0.573. The summed E-state index contributed by atoms with van der Waals surface area (Å²) < 4.78 is 54.8. The van der Waals surface area contributed by atoms with Crippen molar-refractivity contribution in [2.75, 3.05) is 15.2 Å². The van der Waals surface area contributed by atoms with E-state index >= 15 is 0 Å². The number of aryl methyl sites for hydroxylation is 1. The number of rotatable bonds is 6. The van der Waals surface area contributed by atoms with Crippen LogP contribution in [0.1, 0.15) is 5.56 Å². The number of fused-ring (bicyclic) bond motifs is 3. The second kappa shape index (κ2) is 16.7. The molecule has 0 radical (unpaired) electrons. The average molecular weight is 820 g/mol. The van der Waals surface area contributed by atoms with Crippen molar-refractivity contribution in [3.05, 3.63) is 144 Å². The zero-order valence-corrected chi connectivity index (χ0v) is 32.5. The molecule has 0 saturated carbocycles. The Kier molecular flexibility index (Phi) is 12.2. The number of benzene rings is 6. The van der Waals surface area contributed by atoms with E-state index in [9.17, 15) is 32.2 Å². The lowest BCUT2D eigenvalue weighted by Gasteiger charge is -2.12. The number of anilines is 3. The molecule has 0 bridgehead atoms. The highest BCUT2D eigenvalue weighted by Gasteiger charge is 2.19. The highest BCUT2D eigenvalue weighted by molar-refractivity contribution is 7.95. The Labute approximate surface area is 326 Å². The highest BCUT2D eigenvalue weighted by Crippen LogP contribution is 2.36. The predicted octanol–water partition coefficient (Wildman–Crippen LogP) is 9.67. The first-order chi connectivity index (χ1) is 25.4. The lowest BCUT2D eigenvalue weighted by atomic mass is 10.0. The fraction of sp³-hybridized carbons (Fsp3) is 0.0256. The molecule has 0 aliphatic rings. The average Bonchev–Trinajstić information content (AvgIpc) is 3.91. The Morgan fingerprint density at radius 1 is 0.519 bits per heavy atom. The molecule has 278 valence electrons. The monoisotopic (exact) mass is 819 g/mol. The maximum atomic E-state index is 12.3. The molecule has 0 fully saturated rings. The summed E-state index contributed by atoms with van der Waals surface area (Å²) in [7, 11) is -7.19. The molecule has 7 N–H and O–H groups in total. The number of halogens is 1. The number of phenolic OH excluding ortho intramolecular Hbond substituents is 3. The Balaban J connectivity index is 0.000000160. The molecule has 10 nitrogen and oxygen atoms in total. The largest absolute Gasteiger partial charge is 0.507 e. The number of nitrogens with one attached hydrogen (secondary N) is 2. The van der Waals surface area contributed by atoms with Gasteiger partial charge in [0.05, 0.1) is 11.4 Å². The molecule has 15 heteroatoms. The first-order valence-electron chi connectivity index (χ1n) is 15.9. The van der Waals surface area contributed by atoms with E-state index in [2.05, 4.69) is 9.44 Å². The Morgan fingerprint density at radius 2 is 0.944 bits per heavy atom. The lowest BCUT2D eigenvalue weighted by molar-refractivity contribution is 0.477. The van der Waals surface area contributed by atoms with Gasteiger partial charge in [-0.15, -0.1) is 35.1 Å². The minimum absolute atomic E-state index is 0. The van der Waals surface area contributed by atoms with Crippen LogP contribution in [-0.4, -0.2) is 32.2 Å². The van der Waals surface area contributed by atoms with Crippen LogP contribution in [-0.2, 0) is 20.0 Å². The minimum Gasteiger partial charge on any atom is -0.507 e. The van der Waals surface area contributed by atoms with Crippen molar-refractivity contribution in [1.29, 1.82) is 0 Å². The summed E-state index contributed by atoms with van der Waals surface area (Å²) in [6.45, 7) is 1.74. The quantitative estimate of drug-likeness (QED) is 0.0709. The van der Waals surface area contributed by atoms with Gasteiger partial charge in [0, 0.05) is 38.0 Å². The fourth-order valence-electron chi connectivity index (χ4n) is 5.49. The normalized spacial score (nSPS) is 11.1. The number of sulfonamides is 2. The third-order valence-electron chi connectivity index (χ3n) is 8.05. The second-order valence-corrected chi connectivity index (χ2v) is 17.3. The molecular formula is C39H34ClN3O7S4. The van der Waals surface area contributed by atoms with E-state index in [0.717, 1.165) is 33.4 Å². The number of nitrogens with two attached hydrogens (primary N) is 1. The van der Waals surface area contributed by atoms with Crippen LogP contribution in [0.5, 0.6) is 17.2 Å². The van der Waals surface area contributed by atoms with Crippen LogP contribution in [0, 0.1) is 6.92 Å². The number of aromatic hydroxyl groups is 3. The van der Waals surface area contributed by atoms with Crippen LogP contribution in [0.3, 0.4) is 0 Å². The molecule has 0 saturated heterocycles. The Morgan fingerprint density at radius 3 is 1.44 bits per heavy atom. The molecule has 2 heterocycles. The summed E-state index contributed by atoms with van der Waals surface area (Å²) in [5, 5.41) is 37.0. The van der Waals surface area contributed by atoms with E-state index in [4.69, 9.17) is 5.73 Å². The first kappa shape index (κ1) is 39.7. The molecule has 8 rings (SSSR count). The number of phenols is 3. The molecule has 0 atom stereocenters. The summed E-state index contributed by atoms with van der Waals surface area (Å²) in [5.41, 5.74) is 7.95. The van der Waals surface area contributed by atoms with Crippen LogP contribution in [0.25, 0.3) is 32.3 Å². The van der Waals surface area contributed by atoms with Crippen molar-refractivity contribution in [3.8, 4) is 17.2 Å². The predicted molar refractivity (Wildman–Crippen MR) is 223 cm³/mol. The van der Waals surface area contributed by atoms with E-state index < -0.39 is 20.0 Å². The van der Waals surface area contributed by atoms with Gasteiger partial charge in [-0.1, -0.05) is 84.9 Å². The number of hydrogen-bond acceptors (Lipinski definition) is 10. The van der Waals surface area contributed by atoms with E-state index in [1.165, 1.54) is 6.07 Å². The van der Waals surface area contributed by atoms with Crippen LogP contribution in [0.2, 0.25) is 0 Å². The molecule has 6 aromatic carbocycles. The molecule has 8 aromatic rings. The zero-order chi connectivity index (χ0) is 37.8. The molecule has 0 unspecified atom stereocenters. The van der Waals surface area contributed by atoms with Gasteiger partial charge in [-0.05, 0) is 65.7 Å². The van der Waals surface area contributed by atoms with Crippen molar-refractivity contribution in [1.82, 2.24) is 0 Å². The maximum Gasteiger partial charge on any atom is 0.271 e. The Hall–Kier alpha value is -5.51. The third kappa shape index (κ3) is 8.65. The van der Waals surface area contributed by atoms with Gasteiger partial charge in [-0.2, -0.15) is 0 Å². The zero-order valence-electron chi connectivity index (χ0n) is 28.4. The van der Waals surface area contributed by atoms with Crippen LogP contribution in [0.15, 0.2) is 147 Å². The SMILES string of the molecule is Cc1cc(NS(=O)(=O)c2cccs2)c2ccccc2c1O.Cl.Nc1ccc(O)c2ccccc12.O=S(=O)(Nc1ccc(O)c2ccccc12)c1cccs1.